The van der Waals surface area contributed by atoms with E-state index >= 15 is 0 Å². The highest BCUT2D eigenvalue weighted by Gasteiger charge is 2.18. The Morgan fingerprint density at radius 3 is 2.52 bits per heavy atom. The van der Waals surface area contributed by atoms with Crippen molar-refractivity contribution in [3.8, 4) is 17.2 Å². The van der Waals surface area contributed by atoms with Crippen LogP contribution in [0, 0.1) is 0 Å². The predicted octanol–water partition coefficient (Wildman–Crippen LogP) is 3.44. The number of aromatic hydroxyl groups is 1. The van der Waals surface area contributed by atoms with Gasteiger partial charge in [0.15, 0.2) is 0 Å². The number of phenolic OH excluding ortho intramolecular Hbond substituents is 1. The van der Waals surface area contributed by atoms with Crippen molar-refractivity contribution in [3.63, 3.8) is 0 Å². The molecule has 0 radical (unpaired) electrons. The average molecular weight is 380 g/mol. The summed E-state index contributed by atoms with van der Waals surface area (Å²) in [5.74, 6) is 0.803. The Morgan fingerprint density at radius 1 is 1.17 bits per heavy atom. The first-order chi connectivity index (χ1) is 11.0. The summed E-state index contributed by atoms with van der Waals surface area (Å²) >= 11 is 3.41. The third-order valence-corrected chi connectivity index (χ3v) is 3.93. The monoisotopic (exact) mass is 379 g/mol. The van der Waals surface area contributed by atoms with Gasteiger partial charge in [-0.25, -0.2) is 0 Å². The summed E-state index contributed by atoms with van der Waals surface area (Å²) in [6.07, 6.45) is 0. The lowest BCUT2D eigenvalue weighted by atomic mass is 10.1. The molecule has 0 aliphatic carbocycles. The van der Waals surface area contributed by atoms with E-state index in [4.69, 9.17) is 9.47 Å². The zero-order chi connectivity index (χ0) is 17.0. The minimum atomic E-state index is -0.285. The lowest BCUT2D eigenvalue weighted by Crippen LogP contribution is -2.26. The van der Waals surface area contributed by atoms with Crippen molar-refractivity contribution >= 4 is 21.8 Å². The molecule has 0 atom stereocenters. The Balaban J connectivity index is 2.22. The van der Waals surface area contributed by atoms with Crippen LogP contribution in [0.1, 0.15) is 15.9 Å². The first kappa shape index (κ1) is 17.1. The molecule has 0 aliphatic rings. The van der Waals surface area contributed by atoms with Crippen LogP contribution in [0.4, 0.5) is 0 Å². The third-order valence-electron chi connectivity index (χ3n) is 3.43. The Hall–Kier alpha value is -2.21. The van der Waals surface area contributed by atoms with Crippen molar-refractivity contribution in [3.05, 3.63) is 52.0 Å². The summed E-state index contributed by atoms with van der Waals surface area (Å²) in [5.41, 5.74) is 1.09. The summed E-state index contributed by atoms with van der Waals surface area (Å²) in [7, 11) is 4.76. The van der Waals surface area contributed by atoms with Gasteiger partial charge >= 0.3 is 0 Å². The minimum Gasteiger partial charge on any atom is -0.507 e. The normalized spacial score (nSPS) is 10.3. The summed E-state index contributed by atoms with van der Waals surface area (Å²) in [6.45, 7) is 0.354. The second-order valence-corrected chi connectivity index (χ2v) is 5.92. The molecule has 0 unspecified atom stereocenters. The highest BCUT2D eigenvalue weighted by atomic mass is 79.9. The molecule has 0 saturated carbocycles. The van der Waals surface area contributed by atoms with Gasteiger partial charge in [0.1, 0.15) is 17.2 Å². The van der Waals surface area contributed by atoms with Crippen LogP contribution in [0.3, 0.4) is 0 Å². The van der Waals surface area contributed by atoms with Crippen molar-refractivity contribution in [1.82, 2.24) is 4.90 Å². The van der Waals surface area contributed by atoms with E-state index in [1.54, 1.807) is 26.3 Å². The van der Waals surface area contributed by atoms with Gasteiger partial charge in [-0.05, 0) is 30.3 Å². The number of methoxy groups -OCH3 is 2. The first-order valence-corrected chi connectivity index (χ1v) is 7.70. The molecule has 2 aromatic carbocycles. The fraction of sp³-hybridized carbons (Fsp3) is 0.235. The number of carbonyl (C=O) groups excluding carboxylic acids is 1. The third kappa shape index (κ3) is 3.96. The number of hydrogen-bond acceptors (Lipinski definition) is 4. The van der Waals surface area contributed by atoms with Crippen LogP contribution in [-0.4, -0.2) is 37.2 Å². The Morgan fingerprint density at radius 2 is 1.91 bits per heavy atom. The molecule has 0 heterocycles. The van der Waals surface area contributed by atoms with Crippen molar-refractivity contribution in [1.29, 1.82) is 0 Å². The molecule has 0 aliphatic heterocycles. The van der Waals surface area contributed by atoms with Crippen LogP contribution in [0.25, 0.3) is 0 Å². The second kappa shape index (κ2) is 7.37. The van der Waals surface area contributed by atoms with E-state index in [9.17, 15) is 9.90 Å². The molecule has 0 bridgehead atoms. The lowest BCUT2D eigenvalue weighted by Gasteiger charge is -2.20. The lowest BCUT2D eigenvalue weighted by molar-refractivity contribution is 0.0781. The molecule has 1 N–H and O–H groups in total. The van der Waals surface area contributed by atoms with Gasteiger partial charge in [0.05, 0.1) is 19.8 Å². The van der Waals surface area contributed by atoms with Gasteiger partial charge in [-0.1, -0.05) is 15.9 Å². The first-order valence-electron chi connectivity index (χ1n) is 6.91. The van der Waals surface area contributed by atoms with Crippen LogP contribution >= 0.6 is 15.9 Å². The van der Waals surface area contributed by atoms with E-state index in [1.807, 2.05) is 18.2 Å². The van der Waals surface area contributed by atoms with Crippen LogP contribution in [0.5, 0.6) is 17.2 Å². The summed E-state index contributed by atoms with van der Waals surface area (Å²) in [5, 5.41) is 9.99. The molecule has 0 fully saturated rings. The predicted molar refractivity (Wildman–Crippen MR) is 91.2 cm³/mol. The molecule has 1 amide bonds. The molecular weight excluding hydrogens is 362 g/mol. The number of phenols is 1. The molecule has 5 nitrogen and oxygen atoms in total. The highest BCUT2D eigenvalue weighted by Crippen LogP contribution is 2.27. The Kier molecular flexibility index (Phi) is 5.50. The van der Waals surface area contributed by atoms with Crippen molar-refractivity contribution in [2.24, 2.45) is 0 Å². The Labute approximate surface area is 143 Å². The van der Waals surface area contributed by atoms with Gasteiger partial charge in [0.2, 0.25) is 0 Å². The van der Waals surface area contributed by atoms with Gasteiger partial charge in [-0.2, -0.15) is 0 Å². The topological polar surface area (TPSA) is 59.0 Å². The number of carbonyl (C=O) groups is 1. The number of halogens is 1. The van der Waals surface area contributed by atoms with Crippen molar-refractivity contribution < 1.29 is 19.4 Å². The standard InChI is InChI=1S/C17H18BrNO4/c1-19(10-11-8-12(18)4-7-16(11)23-3)17(21)14-6-5-13(22-2)9-15(14)20/h4-9,20H,10H2,1-3H3. The number of amides is 1. The highest BCUT2D eigenvalue weighted by molar-refractivity contribution is 9.10. The van der Waals surface area contributed by atoms with Gasteiger partial charge in [-0.15, -0.1) is 0 Å². The average Bonchev–Trinajstić information content (AvgIpc) is 2.54. The van der Waals surface area contributed by atoms with Gasteiger partial charge in [0.25, 0.3) is 5.91 Å². The maximum Gasteiger partial charge on any atom is 0.257 e. The number of benzene rings is 2. The second-order valence-electron chi connectivity index (χ2n) is 5.00. The molecule has 122 valence electrons. The van der Waals surface area contributed by atoms with Crippen LogP contribution in [0.2, 0.25) is 0 Å². The van der Waals surface area contributed by atoms with Crippen molar-refractivity contribution in [2.75, 3.05) is 21.3 Å². The number of rotatable bonds is 5. The summed E-state index contributed by atoms with van der Waals surface area (Å²) in [4.78, 5) is 14.0. The van der Waals surface area contributed by atoms with E-state index in [1.165, 1.54) is 18.1 Å². The maximum atomic E-state index is 12.5. The smallest absolute Gasteiger partial charge is 0.257 e. The van der Waals surface area contributed by atoms with Gasteiger partial charge in [-0.3, -0.25) is 4.79 Å². The molecule has 2 rings (SSSR count). The molecular formula is C17H18BrNO4. The fourth-order valence-corrected chi connectivity index (χ4v) is 2.63. The minimum absolute atomic E-state index is 0.109. The van der Waals surface area contributed by atoms with Gasteiger partial charge < -0.3 is 19.5 Å². The summed E-state index contributed by atoms with van der Waals surface area (Å²) < 4.78 is 11.2. The quantitative estimate of drug-likeness (QED) is 0.864. The fourth-order valence-electron chi connectivity index (χ4n) is 2.22. The van der Waals surface area contributed by atoms with E-state index in [0.29, 0.717) is 18.0 Å². The zero-order valence-electron chi connectivity index (χ0n) is 13.2. The molecule has 23 heavy (non-hydrogen) atoms. The number of hydrogen-bond donors (Lipinski definition) is 1. The van der Waals surface area contributed by atoms with Gasteiger partial charge in [0, 0.05) is 29.7 Å². The largest absolute Gasteiger partial charge is 0.507 e. The molecule has 0 aromatic heterocycles. The number of ether oxygens (including phenoxy) is 2. The number of nitrogens with zero attached hydrogens (tertiary/aromatic N) is 1. The van der Waals surface area contributed by atoms with Crippen LogP contribution in [-0.2, 0) is 6.54 Å². The molecule has 0 saturated heterocycles. The van der Waals surface area contributed by atoms with E-state index < -0.39 is 0 Å². The van der Waals surface area contributed by atoms with Crippen molar-refractivity contribution in [2.45, 2.75) is 6.54 Å². The maximum absolute atomic E-state index is 12.5. The SMILES string of the molecule is COc1ccc(C(=O)N(C)Cc2cc(Br)ccc2OC)c(O)c1. The molecule has 6 heteroatoms. The zero-order valence-corrected chi connectivity index (χ0v) is 14.8. The van der Waals surface area contributed by atoms with E-state index in [2.05, 4.69) is 15.9 Å². The molecule has 0 spiro atoms. The summed E-state index contributed by atoms with van der Waals surface area (Å²) in [6, 6.07) is 10.2. The van der Waals surface area contributed by atoms with E-state index in [0.717, 1.165) is 10.0 Å². The van der Waals surface area contributed by atoms with Crippen LogP contribution in [0.15, 0.2) is 40.9 Å². The van der Waals surface area contributed by atoms with Crippen LogP contribution < -0.4 is 9.47 Å². The molecule has 2 aromatic rings. The van der Waals surface area contributed by atoms with E-state index in [-0.39, 0.29) is 17.2 Å². The Bertz CT molecular complexity index is 718.